The Balaban J connectivity index is 0. The molecular weight excluding hydrogens is 178 g/mol. The summed E-state index contributed by atoms with van der Waals surface area (Å²) in [5.41, 5.74) is -1.11. The van der Waals surface area contributed by atoms with Crippen LogP contribution < -0.4 is 12.4 Å². The molecule has 0 atom stereocenters. The zero-order valence-electron chi connectivity index (χ0n) is 8.89. The number of carbonyl (C=O) groups excluding carboxylic acids is 1. The Bertz CT molecular complexity index is 206. The van der Waals surface area contributed by atoms with Crippen molar-refractivity contribution in [3.05, 3.63) is 0 Å². The highest BCUT2D eigenvalue weighted by Gasteiger charge is 2.50. The molecule has 4 heteroatoms. The molecule has 12 heavy (non-hydrogen) atoms. The van der Waals surface area contributed by atoms with Gasteiger partial charge in [-0.25, -0.2) is 0 Å². The zero-order valence-corrected chi connectivity index (χ0v) is 8.64. The predicted octanol–water partition coefficient (Wildman–Crippen LogP) is -1.68. The topological polar surface area (TPSA) is 40.5 Å². The number of halogens is 1. The van der Waals surface area contributed by atoms with Crippen LogP contribution in [0.4, 0.5) is 0 Å². The normalized spacial score (nSPS) is 26.9. The van der Waals surface area contributed by atoms with Crippen molar-refractivity contribution in [2.24, 2.45) is 0 Å². The van der Waals surface area contributed by atoms with Crippen molar-refractivity contribution < 1.29 is 23.8 Å². The lowest BCUT2D eigenvalue weighted by molar-refractivity contribution is -0.192. The van der Waals surface area contributed by atoms with Crippen LogP contribution in [0.3, 0.4) is 0 Å². The minimum Gasteiger partial charge on any atom is -1.00 e. The van der Waals surface area contributed by atoms with Crippen LogP contribution in [0.25, 0.3) is 0 Å². The first-order chi connectivity index (χ1) is 4.78. The monoisotopic (exact) mass is 193 g/mol. The van der Waals surface area contributed by atoms with Gasteiger partial charge in [0, 0.05) is 12.0 Å². The molecule has 0 aliphatic carbocycles. The van der Waals surface area contributed by atoms with Crippen molar-refractivity contribution in [3.8, 4) is 0 Å². The van der Waals surface area contributed by atoms with E-state index in [1.807, 2.05) is 13.8 Å². The second kappa shape index (κ2) is 2.98. The highest BCUT2D eigenvalue weighted by atomic mass is 35.5. The summed E-state index contributed by atoms with van der Waals surface area (Å²) < 4.78 is 0. The quantitative estimate of drug-likeness (QED) is 0.500. The molecular formula is C8H16ClNO2. The molecule has 1 heterocycles. The Kier molecular flexibility index (Phi) is 2.95. The van der Waals surface area contributed by atoms with Gasteiger partial charge in [-0.3, -0.25) is 4.79 Å². The van der Waals surface area contributed by atoms with Gasteiger partial charge in [-0.05, 0) is 27.7 Å². The van der Waals surface area contributed by atoms with Gasteiger partial charge in [0.15, 0.2) is 5.78 Å². The van der Waals surface area contributed by atoms with Gasteiger partial charge in [0.2, 0.25) is 0 Å². The average Bonchev–Trinajstić information content (AvgIpc) is 1.94. The molecule has 0 bridgehead atoms. The maximum Gasteiger partial charge on any atom is 1.00 e. The first kappa shape index (κ1) is 11.9. The van der Waals surface area contributed by atoms with Crippen LogP contribution in [0, 0.1) is 0 Å². The number of hydroxylamine groups is 2. The van der Waals surface area contributed by atoms with Crippen LogP contribution in [0.1, 0.15) is 35.5 Å². The molecule has 0 aromatic rings. The molecule has 0 unspecified atom stereocenters. The van der Waals surface area contributed by atoms with E-state index in [9.17, 15) is 10.0 Å². The van der Waals surface area contributed by atoms with Gasteiger partial charge >= 0.3 is 1.43 Å². The van der Waals surface area contributed by atoms with Crippen molar-refractivity contribution in [1.82, 2.24) is 5.06 Å². The summed E-state index contributed by atoms with van der Waals surface area (Å²) in [6, 6.07) is 0. The van der Waals surface area contributed by atoms with Crippen molar-refractivity contribution >= 4 is 5.78 Å². The molecule has 0 spiro atoms. The van der Waals surface area contributed by atoms with Crippen molar-refractivity contribution in [3.63, 3.8) is 0 Å². The number of rotatable bonds is 0. The molecule has 1 aliphatic heterocycles. The van der Waals surface area contributed by atoms with Crippen LogP contribution in [0.5, 0.6) is 0 Å². The van der Waals surface area contributed by atoms with Gasteiger partial charge in [-0.1, -0.05) is 0 Å². The summed E-state index contributed by atoms with van der Waals surface area (Å²) in [6.45, 7) is 7.20. The maximum atomic E-state index is 11.3. The standard InChI is InChI=1S/C8H15NO2.ClH/c1-7(2)5-6(10)8(3,4)9(7)11;/h11H,5H2,1-4H3;1H. The summed E-state index contributed by atoms with van der Waals surface area (Å²) >= 11 is 0. The Morgan fingerprint density at radius 2 is 1.83 bits per heavy atom. The fraction of sp³-hybridized carbons (Fsp3) is 0.875. The molecule has 0 aromatic heterocycles. The average molecular weight is 194 g/mol. The van der Waals surface area contributed by atoms with Gasteiger partial charge in [0.1, 0.15) is 0 Å². The number of nitrogens with zero attached hydrogens (tertiary/aromatic N) is 1. The predicted molar refractivity (Wildman–Crippen MR) is 42.5 cm³/mol. The lowest BCUT2D eigenvalue weighted by atomic mass is 9.99. The summed E-state index contributed by atoms with van der Waals surface area (Å²) in [5.74, 6) is 0.102. The molecule has 72 valence electrons. The first-order valence-electron chi connectivity index (χ1n) is 3.81. The zero-order chi connectivity index (χ0) is 8.86. The SMILES string of the molecule is CC1(C)CC(=O)C(C)(C)N1O.[Cl-].[H+]. The summed E-state index contributed by atoms with van der Waals surface area (Å²) in [4.78, 5) is 11.3. The highest BCUT2D eigenvalue weighted by Crippen LogP contribution is 2.35. The maximum absolute atomic E-state index is 11.3. The number of hydrogen-bond donors (Lipinski definition) is 1. The van der Waals surface area contributed by atoms with E-state index in [2.05, 4.69) is 0 Å². The Morgan fingerprint density at radius 1 is 1.42 bits per heavy atom. The van der Waals surface area contributed by atoms with E-state index < -0.39 is 11.1 Å². The fourth-order valence-electron chi connectivity index (χ4n) is 1.56. The van der Waals surface area contributed by atoms with Crippen LogP contribution in [0.2, 0.25) is 0 Å². The summed E-state index contributed by atoms with van der Waals surface area (Å²) in [5, 5.41) is 10.7. The van der Waals surface area contributed by atoms with Crippen molar-refractivity contribution in [2.75, 3.05) is 0 Å². The Morgan fingerprint density at radius 3 is 1.92 bits per heavy atom. The minimum absolute atomic E-state index is 0. The van der Waals surface area contributed by atoms with E-state index in [-0.39, 0.29) is 19.6 Å². The third-order valence-electron chi connectivity index (χ3n) is 2.38. The molecule has 1 saturated heterocycles. The number of ketones is 1. The summed E-state index contributed by atoms with van der Waals surface area (Å²) in [7, 11) is 0. The Labute approximate surface area is 80.6 Å². The molecule has 0 radical (unpaired) electrons. The Hall–Kier alpha value is -0.120. The molecule has 3 nitrogen and oxygen atoms in total. The molecule has 0 amide bonds. The fourth-order valence-corrected chi connectivity index (χ4v) is 1.56. The molecule has 1 N–H and O–H groups in total. The molecule has 1 fully saturated rings. The molecule has 0 saturated carbocycles. The smallest absolute Gasteiger partial charge is 1.00 e. The van der Waals surface area contributed by atoms with Gasteiger partial charge in [-0.2, -0.15) is 5.06 Å². The van der Waals surface area contributed by atoms with Gasteiger partial charge in [0.05, 0.1) is 5.54 Å². The molecule has 1 aliphatic rings. The lowest BCUT2D eigenvalue weighted by Gasteiger charge is -2.32. The lowest BCUT2D eigenvalue weighted by Crippen LogP contribution is -3.00. The second-order valence-electron chi connectivity index (χ2n) is 4.28. The third-order valence-corrected chi connectivity index (χ3v) is 2.38. The number of hydrogen-bond acceptors (Lipinski definition) is 3. The molecule has 0 aromatic carbocycles. The largest absolute Gasteiger partial charge is 1.00 e. The van der Waals surface area contributed by atoms with Crippen LogP contribution in [0.15, 0.2) is 0 Å². The van der Waals surface area contributed by atoms with Gasteiger partial charge < -0.3 is 17.6 Å². The second-order valence-corrected chi connectivity index (χ2v) is 4.28. The van der Waals surface area contributed by atoms with E-state index in [0.29, 0.717) is 6.42 Å². The van der Waals surface area contributed by atoms with Crippen molar-refractivity contribution in [2.45, 2.75) is 45.2 Å². The molecule has 1 rings (SSSR count). The van der Waals surface area contributed by atoms with Gasteiger partial charge in [0.25, 0.3) is 0 Å². The van der Waals surface area contributed by atoms with Crippen LogP contribution in [-0.2, 0) is 4.79 Å². The van der Waals surface area contributed by atoms with E-state index in [1.165, 1.54) is 0 Å². The van der Waals surface area contributed by atoms with E-state index in [4.69, 9.17) is 0 Å². The minimum atomic E-state index is -0.705. The van der Waals surface area contributed by atoms with Gasteiger partial charge in [-0.15, -0.1) is 0 Å². The summed E-state index contributed by atoms with van der Waals surface area (Å²) in [6.07, 6.45) is 0.427. The van der Waals surface area contributed by atoms with Crippen LogP contribution in [-0.4, -0.2) is 27.1 Å². The van der Waals surface area contributed by atoms with Crippen LogP contribution >= 0.6 is 0 Å². The van der Waals surface area contributed by atoms with E-state index in [1.54, 1.807) is 13.8 Å². The third kappa shape index (κ3) is 1.49. The van der Waals surface area contributed by atoms with E-state index in [0.717, 1.165) is 5.06 Å². The first-order valence-corrected chi connectivity index (χ1v) is 3.81. The highest BCUT2D eigenvalue weighted by molar-refractivity contribution is 5.90. The van der Waals surface area contributed by atoms with Crippen molar-refractivity contribution in [1.29, 1.82) is 0 Å². The van der Waals surface area contributed by atoms with E-state index >= 15 is 0 Å². The number of carbonyl (C=O) groups is 1. The number of Topliss-reactive ketones (excluding diaryl/α,β-unsaturated/α-hetero) is 1.